The molecule has 2 heterocycles. The lowest BCUT2D eigenvalue weighted by Gasteiger charge is -2.20. The number of alkyl carbamates (subject to hydrolysis) is 1. The minimum atomic E-state index is -0.857. The van der Waals surface area contributed by atoms with Crippen LogP contribution in [0.5, 0.6) is 5.75 Å². The molecule has 0 saturated carbocycles. The number of nitrogens with zero attached hydrogens (tertiary/aromatic N) is 3. The zero-order valence-electron chi connectivity index (χ0n) is 15.2. The highest BCUT2D eigenvalue weighted by atomic mass is 19.1. The number of anilines is 1. The first-order valence-corrected chi connectivity index (χ1v) is 8.35. The third-order valence-electron chi connectivity index (χ3n) is 3.47. The predicted molar refractivity (Wildman–Crippen MR) is 92.7 cm³/mol. The van der Waals surface area contributed by atoms with E-state index in [2.05, 4.69) is 15.3 Å². The zero-order chi connectivity index (χ0) is 19.2. The monoisotopic (exact) mass is 370 g/mol. The molecule has 144 valence electrons. The van der Waals surface area contributed by atoms with Crippen molar-refractivity contribution in [2.75, 3.05) is 31.1 Å². The molecule has 1 aromatic rings. The lowest BCUT2D eigenvalue weighted by atomic mass is 10.2. The Morgan fingerprint density at radius 3 is 2.65 bits per heavy atom. The highest BCUT2D eigenvalue weighted by Crippen LogP contribution is 2.19. The standard InChI is InChI=1S/C17H24F2N4O3/c1-17(2,3)26-16(24)22-7-12(6-18)11-25-14-8-20-15(21-9-14)23-5-4-13(19)10-23/h6,8-9,13H,4-5,7,10-11H2,1-3H3,(H,22,24)/b12-6-/t13-/m0/s1. The Balaban J connectivity index is 1.78. The summed E-state index contributed by atoms with van der Waals surface area (Å²) in [5, 5.41) is 2.45. The van der Waals surface area contributed by atoms with Crippen molar-refractivity contribution >= 4 is 12.0 Å². The van der Waals surface area contributed by atoms with Gasteiger partial charge in [-0.05, 0) is 27.2 Å². The molecule has 1 fully saturated rings. The highest BCUT2D eigenvalue weighted by Gasteiger charge is 2.23. The average molecular weight is 370 g/mol. The van der Waals surface area contributed by atoms with Crippen molar-refractivity contribution in [3.05, 3.63) is 24.3 Å². The minimum Gasteiger partial charge on any atom is -0.486 e. The number of aromatic nitrogens is 2. The molecule has 7 nitrogen and oxygen atoms in total. The van der Waals surface area contributed by atoms with Gasteiger partial charge in [-0.3, -0.25) is 0 Å². The van der Waals surface area contributed by atoms with Crippen LogP contribution in [0.3, 0.4) is 0 Å². The van der Waals surface area contributed by atoms with Crippen molar-refractivity contribution in [3.8, 4) is 5.75 Å². The Morgan fingerprint density at radius 2 is 2.12 bits per heavy atom. The predicted octanol–water partition coefficient (Wildman–Crippen LogP) is 2.78. The van der Waals surface area contributed by atoms with E-state index < -0.39 is 17.9 Å². The second kappa shape index (κ2) is 8.77. The number of alkyl halides is 1. The number of hydrogen-bond acceptors (Lipinski definition) is 6. The Kier molecular flexibility index (Phi) is 6.70. The van der Waals surface area contributed by atoms with Crippen LogP contribution in [0.2, 0.25) is 0 Å². The van der Waals surface area contributed by atoms with Crippen LogP contribution < -0.4 is 15.0 Å². The fourth-order valence-electron chi connectivity index (χ4n) is 2.24. The molecule has 1 aliphatic rings. The summed E-state index contributed by atoms with van der Waals surface area (Å²) in [4.78, 5) is 21.6. The summed E-state index contributed by atoms with van der Waals surface area (Å²) in [7, 11) is 0. The van der Waals surface area contributed by atoms with Crippen molar-refractivity contribution < 1.29 is 23.0 Å². The van der Waals surface area contributed by atoms with Gasteiger partial charge in [0.2, 0.25) is 5.95 Å². The fraction of sp³-hybridized carbons (Fsp3) is 0.588. The van der Waals surface area contributed by atoms with E-state index in [0.29, 0.717) is 31.0 Å². The molecule has 1 atom stereocenters. The normalized spacial score (nSPS) is 18.0. The maximum atomic E-state index is 13.2. The summed E-state index contributed by atoms with van der Waals surface area (Å²) in [5.41, 5.74) is -0.406. The molecule has 0 unspecified atom stereocenters. The molecule has 1 saturated heterocycles. The number of carbonyl (C=O) groups is 1. The highest BCUT2D eigenvalue weighted by molar-refractivity contribution is 5.68. The molecule has 0 aliphatic carbocycles. The van der Waals surface area contributed by atoms with Crippen LogP contribution in [0, 0.1) is 0 Å². The molecule has 0 radical (unpaired) electrons. The maximum absolute atomic E-state index is 13.2. The van der Waals surface area contributed by atoms with Gasteiger partial charge in [0.25, 0.3) is 0 Å². The summed E-state index contributed by atoms with van der Waals surface area (Å²) < 4.78 is 36.6. The van der Waals surface area contributed by atoms with Gasteiger partial charge in [0, 0.05) is 18.7 Å². The Hall–Kier alpha value is -2.45. The van der Waals surface area contributed by atoms with Gasteiger partial charge in [0.05, 0.1) is 25.3 Å². The lowest BCUT2D eigenvalue weighted by molar-refractivity contribution is 0.0531. The minimum absolute atomic E-state index is 0.0456. The molecular weight excluding hydrogens is 346 g/mol. The van der Waals surface area contributed by atoms with E-state index in [-0.39, 0.29) is 25.3 Å². The number of hydrogen-bond donors (Lipinski definition) is 1. The summed E-state index contributed by atoms with van der Waals surface area (Å²) >= 11 is 0. The van der Waals surface area contributed by atoms with Crippen LogP contribution >= 0.6 is 0 Å². The van der Waals surface area contributed by atoms with Gasteiger partial charge in [0.1, 0.15) is 18.4 Å². The number of carbonyl (C=O) groups excluding carboxylic acids is 1. The Morgan fingerprint density at radius 1 is 1.42 bits per heavy atom. The third-order valence-corrected chi connectivity index (χ3v) is 3.47. The van der Waals surface area contributed by atoms with E-state index in [1.807, 2.05) is 0 Å². The number of ether oxygens (including phenoxy) is 2. The number of amides is 1. The molecule has 9 heteroatoms. The molecule has 0 spiro atoms. The molecule has 26 heavy (non-hydrogen) atoms. The second-order valence-corrected chi connectivity index (χ2v) is 6.96. The smallest absolute Gasteiger partial charge is 0.407 e. The van der Waals surface area contributed by atoms with E-state index in [1.54, 1.807) is 25.7 Å². The van der Waals surface area contributed by atoms with Gasteiger partial charge >= 0.3 is 6.09 Å². The summed E-state index contributed by atoms with van der Waals surface area (Å²) in [6.45, 7) is 5.95. The number of nitrogens with one attached hydrogen (secondary N) is 1. The van der Waals surface area contributed by atoms with E-state index in [9.17, 15) is 13.6 Å². The fourth-order valence-corrected chi connectivity index (χ4v) is 2.24. The van der Waals surface area contributed by atoms with Crippen molar-refractivity contribution in [2.24, 2.45) is 0 Å². The Labute approximate surface area is 151 Å². The van der Waals surface area contributed by atoms with Crippen LogP contribution in [0.1, 0.15) is 27.2 Å². The quantitative estimate of drug-likeness (QED) is 0.830. The molecule has 1 aromatic heterocycles. The van der Waals surface area contributed by atoms with Gasteiger partial charge in [-0.2, -0.15) is 0 Å². The largest absolute Gasteiger partial charge is 0.486 e. The van der Waals surface area contributed by atoms with E-state index in [0.717, 1.165) is 0 Å². The van der Waals surface area contributed by atoms with Gasteiger partial charge in [-0.1, -0.05) is 0 Å². The van der Waals surface area contributed by atoms with Crippen LogP contribution in [0.4, 0.5) is 19.5 Å². The first kappa shape index (κ1) is 19.9. The average Bonchev–Trinajstić information content (AvgIpc) is 3.00. The summed E-state index contributed by atoms with van der Waals surface area (Å²) in [6.07, 6.45) is 2.25. The van der Waals surface area contributed by atoms with Gasteiger partial charge in [0.15, 0.2) is 5.75 Å². The molecule has 0 bridgehead atoms. The lowest BCUT2D eigenvalue weighted by Crippen LogP contribution is -2.34. The van der Waals surface area contributed by atoms with Gasteiger partial charge in [-0.25, -0.2) is 23.5 Å². The second-order valence-electron chi connectivity index (χ2n) is 6.96. The maximum Gasteiger partial charge on any atom is 0.407 e. The first-order valence-electron chi connectivity index (χ1n) is 8.35. The third kappa shape index (κ3) is 6.45. The van der Waals surface area contributed by atoms with E-state index in [4.69, 9.17) is 9.47 Å². The SMILES string of the molecule is CC(C)(C)OC(=O)NC/C(=C/F)COc1cnc(N2CC[C@H](F)C2)nc1. The molecule has 2 rings (SSSR count). The van der Waals surface area contributed by atoms with Gasteiger partial charge < -0.3 is 19.7 Å². The van der Waals surface area contributed by atoms with Gasteiger partial charge in [-0.15, -0.1) is 0 Å². The number of rotatable bonds is 6. The molecule has 0 aromatic carbocycles. The van der Waals surface area contributed by atoms with Crippen LogP contribution in [0.25, 0.3) is 0 Å². The van der Waals surface area contributed by atoms with Crippen molar-refractivity contribution in [3.63, 3.8) is 0 Å². The van der Waals surface area contributed by atoms with Crippen LogP contribution in [-0.4, -0.2) is 54.1 Å². The Bertz CT molecular complexity index is 632. The van der Waals surface area contributed by atoms with E-state index >= 15 is 0 Å². The van der Waals surface area contributed by atoms with Crippen molar-refractivity contribution in [1.82, 2.24) is 15.3 Å². The van der Waals surface area contributed by atoms with Crippen molar-refractivity contribution in [1.29, 1.82) is 0 Å². The van der Waals surface area contributed by atoms with Crippen molar-refractivity contribution in [2.45, 2.75) is 39.0 Å². The zero-order valence-corrected chi connectivity index (χ0v) is 15.2. The summed E-state index contributed by atoms with van der Waals surface area (Å²) in [5.74, 6) is 0.784. The summed E-state index contributed by atoms with van der Waals surface area (Å²) in [6, 6.07) is 0. The van der Waals surface area contributed by atoms with Crippen LogP contribution in [0.15, 0.2) is 24.3 Å². The topological polar surface area (TPSA) is 76.6 Å². The molecule has 1 amide bonds. The van der Waals surface area contributed by atoms with Crippen LogP contribution in [-0.2, 0) is 4.74 Å². The van der Waals surface area contributed by atoms with E-state index in [1.165, 1.54) is 12.4 Å². The molecule has 1 N–H and O–H groups in total. The molecule has 1 aliphatic heterocycles. The first-order chi connectivity index (χ1) is 12.3. The molecular formula is C17H24F2N4O3. The number of halogens is 2.